The minimum Gasteiger partial charge on any atom is -0.393 e. The summed E-state index contributed by atoms with van der Waals surface area (Å²) in [6.45, 7) is 6.17. The molecule has 19 heavy (non-hydrogen) atoms. The van der Waals surface area contributed by atoms with E-state index in [1.807, 2.05) is 6.92 Å². The van der Waals surface area contributed by atoms with Gasteiger partial charge in [-0.2, -0.15) is 0 Å². The quantitative estimate of drug-likeness (QED) is 0.743. The van der Waals surface area contributed by atoms with E-state index in [-0.39, 0.29) is 23.7 Å². The van der Waals surface area contributed by atoms with Crippen LogP contribution in [0.1, 0.15) is 33.6 Å². The predicted molar refractivity (Wildman–Crippen MR) is 73.0 cm³/mol. The molecule has 0 radical (unpaired) electrons. The highest BCUT2D eigenvalue weighted by Gasteiger charge is 2.30. The van der Waals surface area contributed by atoms with Crippen molar-refractivity contribution in [1.29, 1.82) is 0 Å². The van der Waals surface area contributed by atoms with Gasteiger partial charge in [0.05, 0.1) is 17.9 Å². The second-order valence-corrected chi connectivity index (χ2v) is 7.15. The van der Waals surface area contributed by atoms with Gasteiger partial charge in [0.1, 0.15) is 0 Å². The van der Waals surface area contributed by atoms with Gasteiger partial charge < -0.3 is 10.0 Å². The Labute approximate surface area is 115 Å². The molecular weight excluding hydrogens is 268 g/mol. The van der Waals surface area contributed by atoms with Gasteiger partial charge in [-0.25, -0.2) is 13.1 Å². The maximum absolute atomic E-state index is 12.1. The Bertz CT molecular complexity index is 410. The zero-order valence-electron chi connectivity index (χ0n) is 11.8. The van der Waals surface area contributed by atoms with E-state index in [1.54, 1.807) is 18.7 Å². The first-order valence-electron chi connectivity index (χ1n) is 6.73. The Balaban J connectivity index is 2.58. The van der Waals surface area contributed by atoms with Crippen LogP contribution in [0.3, 0.4) is 0 Å². The fourth-order valence-electron chi connectivity index (χ4n) is 2.25. The third-order valence-corrected chi connectivity index (χ3v) is 5.03. The van der Waals surface area contributed by atoms with E-state index < -0.39 is 16.1 Å². The molecule has 3 unspecified atom stereocenters. The molecule has 1 fully saturated rings. The van der Waals surface area contributed by atoms with E-state index in [0.717, 1.165) is 0 Å². The molecule has 1 saturated heterocycles. The fourth-order valence-corrected chi connectivity index (χ4v) is 3.55. The normalized spacial score (nSPS) is 26.2. The largest absolute Gasteiger partial charge is 0.393 e. The number of amides is 1. The summed E-state index contributed by atoms with van der Waals surface area (Å²) in [6, 6.07) is -0.751. The summed E-state index contributed by atoms with van der Waals surface area (Å²) in [4.78, 5) is 13.8. The molecule has 6 nitrogen and oxygen atoms in total. The maximum Gasteiger partial charge on any atom is 0.240 e. The molecule has 1 rings (SSSR count). The van der Waals surface area contributed by atoms with Crippen molar-refractivity contribution >= 4 is 15.9 Å². The van der Waals surface area contributed by atoms with Crippen LogP contribution >= 0.6 is 0 Å². The standard InChI is InChI=1S/C12H24N2O4S/c1-4-7-19(17,18)13-10(3)12(16)14-6-5-11(15)9(2)8-14/h9-11,13,15H,4-8H2,1-3H3. The fraction of sp³-hybridized carbons (Fsp3) is 0.917. The summed E-state index contributed by atoms with van der Waals surface area (Å²) in [7, 11) is -3.39. The second-order valence-electron chi connectivity index (χ2n) is 5.28. The first-order chi connectivity index (χ1) is 8.76. The Morgan fingerprint density at radius 3 is 2.68 bits per heavy atom. The number of hydrogen-bond acceptors (Lipinski definition) is 4. The number of likely N-dealkylation sites (tertiary alicyclic amines) is 1. The number of sulfonamides is 1. The van der Waals surface area contributed by atoms with Crippen molar-refractivity contribution in [2.24, 2.45) is 5.92 Å². The lowest BCUT2D eigenvalue weighted by Gasteiger charge is -2.35. The number of carbonyl (C=O) groups is 1. The molecule has 0 bridgehead atoms. The van der Waals surface area contributed by atoms with Gasteiger partial charge in [0.2, 0.25) is 15.9 Å². The summed E-state index contributed by atoms with van der Waals surface area (Å²) in [5.74, 6) is -0.171. The highest BCUT2D eigenvalue weighted by Crippen LogP contribution is 2.17. The summed E-state index contributed by atoms with van der Waals surface area (Å²) in [6.07, 6.45) is 0.681. The van der Waals surface area contributed by atoms with Crippen LogP contribution < -0.4 is 4.72 Å². The van der Waals surface area contributed by atoms with Crippen molar-refractivity contribution in [2.45, 2.75) is 45.8 Å². The Morgan fingerprint density at radius 1 is 1.53 bits per heavy atom. The van der Waals surface area contributed by atoms with Gasteiger partial charge in [-0.3, -0.25) is 4.79 Å². The van der Waals surface area contributed by atoms with Crippen LogP contribution in [-0.4, -0.2) is 55.3 Å². The van der Waals surface area contributed by atoms with Crippen LogP contribution in [0.25, 0.3) is 0 Å². The average Bonchev–Trinajstić information content (AvgIpc) is 2.31. The van der Waals surface area contributed by atoms with Crippen LogP contribution in [0.4, 0.5) is 0 Å². The molecule has 0 aliphatic carbocycles. The average molecular weight is 292 g/mol. The van der Waals surface area contributed by atoms with Gasteiger partial charge in [-0.15, -0.1) is 0 Å². The van der Waals surface area contributed by atoms with Crippen molar-refractivity contribution < 1.29 is 18.3 Å². The number of hydrogen-bond donors (Lipinski definition) is 2. The van der Waals surface area contributed by atoms with Gasteiger partial charge in [-0.1, -0.05) is 13.8 Å². The third kappa shape index (κ3) is 4.74. The van der Waals surface area contributed by atoms with Crippen LogP contribution in [0.5, 0.6) is 0 Å². The lowest BCUT2D eigenvalue weighted by Crippen LogP contribution is -2.52. The number of nitrogens with one attached hydrogen (secondary N) is 1. The first kappa shape index (κ1) is 16.4. The SMILES string of the molecule is CCCS(=O)(=O)NC(C)C(=O)N1CCC(O)C(C)C1. The molecule has 0 aromatic carbocycles. The van der Waals surface area contributed by atoms with Crippen molar-refractivity contribution in [1.82, 2.24) is 9.62 Å². The van der Waals surface area contributed by atoms with Gasteiger partial charge >= 0.3 is 0 Å². The number of nitrogens with zero attached hydrogens (tertiary/aromatic N) is 1. The highest BCUT2D eigenvalue weighted by molar-refractivity contribution is 7.89. The summed E-state index contributed by atoms with van der Waals surface area (Å²) in [5, 5.41) is 9.62. The molecule has 1 heterocycles. The van der Waals surface area contributed by atoms with Crippen LogP contribution in [-0.2, 0) is 14.8 Å². The summed E-state index contributed by atoms with van der Waals surface area (Å²) in [5.41, 5.74) is 0. The Hall–Kier alpha value is -0.660. The monoisotopic (exact) mass is 292 g/mol. The first-order valence-corrected chi connectivity index (χ1v) is 8.39. The molecule has 3 atom stereocenters. The molecule has 0 aromatic rings. The molecule has 0 saturated carbocycles. The topological polar surface area (TPSA) is 86.7 Å². The number of carbonyl (C=O) groups excluding carboxylic acids is 1. The van der Waals surface area contributed by atoms with Gasteiger partial charge in [0, 0.05) is 13.1 Å². The zero-order chi connectivity index (χ0) is 14.6. The molecule has 2 N–H and O–H groups in total. The highest BCUT2D eigenvalue weighted by atomic mass is 32.2. The summed E-state index contributed by atoms with van der Waals surface area (Å²) < 4.78 is 25.6. The minimum absolute atomic E-state index is 0.0251. The predicted octanol–water partition coefficient (Wildman–Crippen LogP) is -0.0664. The number of piperidine rings is 1. The van der Waals surface area contributed by atoms with E-state index in [4.69, 9.17) is 0 Å². The number of rotatable bonds is 5. The lowest BCUT2D eigenvalue weighted by atomic mass is 9.96. The number of aliphatic hydroxyl groups is 1. The van der Waals surface area contributed by atoms with E-state index in [9.17, 15) is 18.3 Å². The maximum atomic E-state index is 12.1. The van der Waals surface area contributed by atoms with Crippen LogP contribution in [0.2, 0.25) is 0 Å². The van der Waals surface area contributed by atoms with E-state index in [0.29, 0.717) is 25.9 Å². The third-order valence-electron chi connectivity index (χ3n) is 3.37. The second kappa shape index (κ2) is 6.67. The lowest BCUT2D eigenvalue weighted by molar-refractivity contribution is -0.136. The van der Waals surface area contributed by atoms with E-state index >= 15 is 0 Å². The summed E-state index contributed by atoms with van der Waals surface area (Å²) >= 11 is 0. The van der Waals surface area contributed by atoms with Gasteiger partial charge in [-0.05, 0) is 25.7 Å². The zero-order valence-corrected chi connectivity index (χ0v) is 12.6. The molecule has 112 valence electrons. The van der Waals surface area contributed by atoms with Gasteiger partial charge in [0.25, 0.3) is 0 Å². The van der Waals surface area contributed by atoms with E-state index in [1.165, 1.54) is 0 Å². The van der Waals surface area contributed by atoms with Crippen molar-refractivity contribution in [3.63, 3.8) is 0 Å². The van der Waals surface area contributed by atoms with E-state index in [2.05, 4.69) is 4.72 Å². The molecule has 7 heteroatoms. The van der Waals surface area contributed by atoms with Crippen molar-refractivity contribution in [3.8, 4) is 0 Å². The molecular formula is C12H24N2O4S. The van der Waals surface area contributed by atoms with Gasteiger partial charge in [0.15, 0.2) is 0 Å². The smallest absolute Gasteiger partial charge is 0.240 e. The Kier molecular flexibility index (Phi) is 5.76. The minimum atomic E-state index is -3.39. The van der Waals surface area contributed by atoms with Crippen LogP contribution in [0, 0.1) is 5.92 Å². The molecule has 1 amide bonds. The van der Waals surface area contributed by atoms with Crippen molar-refractivity contribution in [2.75, 3.05) is 18.8 Å². The number of aliphatic hydroxyl groups excluding tert-OH is 1. The molecule has 1 aliphatic rings. The van der Waals surface area contributed by atoms with Crippen LogP contribution in [0.15, 0.2) is 0 Å². The molecule has 1 aliphatic heterocycles. The Morgan fingerprint density at radius 2 is 2.16 bits per heavy atom. The molecule has 0 aromatic heterocycles. The van der Waals surface area contributed by atoms with Crippen molar-refractivity contribution in [3.05, 3.63) is 0 Å². The molecule has 0 spiro atoms.